The van der Waals surface area contributed by atoms with Gasteiger partial charge in [0.25, 0.3) is 0 Å². The van der Waals surface area contributed by atoms with Crippen LogP contribution in [0, 0.1) is 0 Å². The molecule has 0 radical (unpaired) electrons. The zero-order valence-corrected chi connectivity index (χ0v) is 13.9. The SMILES string of the molecule is CCN(O)C1C[C@H](I)C(I)CC1I. The van der Waals surface area contributed by atoms with Crippen LogP contribution < -0.4 is 0 Å². The highest BCUT2D eigenvalue weighted by Crippen LogP contribution is 2.36. The van der Waals surface area contributed by atoms with Crippen LogP contribution in [-0.2, 0) is 0 Å². The molecule has 0 aromatic rings. The first-order chi connectivity index (χ1) is 6.06. The summed E-state index contributed by atoms with van der Waals surface area (Å²) >= 11 is 7.51. The molecule has 3 unspecified atom stereocenters. The molecule has 78 valence electrons. The normalized spacial score (nSPS) is 41.1. The van der Waals surface area contributed by atoms with E-state index < -0.39 is 0 Å². The lowest BCUT2D eigenvalue weighted by Crippen LogP contribution is -2.46. The van der Waals surface area contributed by atoms with Gasteiger partial charge in [-0.05, 0) is 12.8 Å². The van der Waals surface area contributed by atoms with E-state index in [0.29, 0.717) is 13.9 Å². The van der Waals surface area contributed by atoms with Gasteiger partial charge in [-0.3, -0.25) is 0 Å². The first-order valence-electron chi connectivity index (χ1n) is 4.44. The molecular weight excluding hydrogens is 507 g/mol. The number of halogens is 3. The van der Waals surface area contributed by atoms with Gasteiger partial charge in [0.2, 0.25) is 0 Å². The molecule has 4 atom stereocenters. The van der Waals surface area contributed by atoms with Crippen LogP contribution in [0.25, 0.3) is 0 Å². The second-order valence-electron chi connectivity index (χ2n) is 3.34. The molecule has 1 rings (SSSR count). The van der Waals surface area contributed by atoms with Crippen molar-refractivity contribution in [2.75, 3.05) is 6.54 Å². The molecule has 0 heterocycles. The van der Waals surface area contributed by atoms with Gasteiger partial charge in [0.05, 0.1) is 0 Å². The van der Waals surface area contributed by atoms with E-state index in [1.54, 1.807) is 0 Å². The fraction of sp³-hybridized carbons (Fsp3) is 1.00. The largest absolute Gasteiger partial charge is 0.314 e. The van der Waals surface area contributed by atoms with Crippen molar-refractivity contribution in [2.45, 2.75) is 37.6 Å². The van der Waals surface area contributed by atoms with E-state index in [0.717, 1.165) is 16.9 Å². The van der Waals surface area contributed by atoms with E-state index in [1.165, 1.54) is 11.5 Å². The predicted molar refractivity (Wildman–Crippen MR) is 80.6 cm³/mol. The fourth-order valence-electron chi connectivity index (χ4n) is 1.59. The summed E-state index contributed by atoms with van der Waals surface area (Å²) in [6.07, 6.45) is 2.34. The highest BCUT2D eigenvalue weighted by molar-refractivity contribution is 14.1. The maximum absolute atomic E-state index is 9.68. The lowest BCUT2D eigenvalue weighted by atomic mass is 9.95. The predicted octanol–water partition coefficient (Wildman–Crippen LogP) is 3.27. The van der Waals surface area contributed by atoms with Gasteiger partial charge in [0, 0.05) is 24.4 Å². The van der Waals surface area contributed by atoms with Crippen molar-refractivity contribution >= 4 is 67.8 Å². The monoisotopic (exact) mass is 521 g/mol. The van der Waals surface area contributed by atoms with Gasteiger partial charge in [-0.15, -0.1) is 0 Å². The van der Waals surface area contributed by atoms with E-state index in [2.05, 4.69) is 67.8 Å². The minimum absolute atomic E-state index is 0.360. The van der Waals surface area contributed by atoms with Crippen LogP contribution in [0.5, 0.6) is 0 Å². The molecule has 0 saturated heterocycles. The minimum Gasteiger partial charge on any atom is -0.314 e. The van der Waals surface area contributed by atoms with Crippen LogP contribution in [0.3, 0.4) is 0 Å². The number of nitrogens with zero attached hydrogens (tertiary/aromatic N) is 1. The Morgan fingerprint density at radius 3 is 2.23 bits per heavy atom. The van der Waals surface area contributed by atoms with Crippen molar-refractivity contribution in [3.05, 3.63) is 0 Å². The van der Waals surface area contributed by atoms with Crippen molar-refractivity contribution in [3.63, 3.8) is 0 Å². The third-order valence-corrected chi connectivity index (χ3v) is 7.90. The Morgan fingerprint density at radius 2 is 1.69 bits per heavy atom. The molecule has 2 nitrogen and oxygen atoms in total. The quantitative estimate of drug-likeness (QED) is 0.343. The molecule has 0 bridgehead atoms. The minimum atomic E-state index is 0.360. The number of hydroxylamine groups is 2. The van der Waals surface area contributed by atoms with Crippen LogP contribution in [0.2, 0.25) is 0 Å². The van der Waals surface area contributed by atoms with Crippen molar-refractivity contribution in [2.24, 2.45) is 0 Å². The van der Waals surface area contributed by atoms with E-state index in [1.807, 2.05) is 6.92 Å². The van der Waals surface area contributed by atoms with Crippen LogP contribution in [-0.4, -0.2) is 34.6 Å². The molecule has 5 heteroatoms. The Morgan fingerprint density at radius 1 is 1.15 bits per heavy atom. The molecule has 1 aliphatic carbocycles. The fourth-order valence-corrected chi connectivity index (χ4v) is 5.43. The van der Waals surface area contributed by atoms with Gasteiger partial charge in [0.1, 0.15) is 0 Å². The molecule has 1 saturated carbocycles. The van der Waals surface area contributed by atoms with E-state index >= 15 is 0 Å². The van der Waals surface area contributed by atoms with Crippen molar-refractivity contribution in [3.8, 4) is 0 Å². The molecule has 0 amide bonds. The lowest BCUT2D eigenvalue weighted by Gasteiger charge is -2.37. The number of hydrogen-bond acceptors (Lipinski definition) is 2. The van der Waals surface area contributed by atoms with Gasteiger partial charge in [0.15, 0.2) is 0 Å². The van der Waals surface area contributed by atoms with E-state index in [-0.39, 0.29) is 0 Å². The molecule has 0 aliphatic heterocycles. The number of alkyl halides is 3. The first-order valence-corrected chi connectivity index (χ1v) is 8.17. The van der Waals surface area contributed by atoms with Crippen molar-refractivity contribution in [1.82, 2.24) is 5.06 Å². The second kappa shape index (κ2) is 6.00. The zero-order chi connectivity index (χ0) is 10.0. The zero-order valence-electron chi connectivity index (χ0n) is 7.46. The summed E-state index contributed by atoms with van der Waals surface area (Å²) in [5.41, 5.74) is 0. The second-order valence-corrected chi connectivity index (χ2v) is 8.14. The average Bonchev–Trinajstić information content (AvgIpc) is 2.10. The maximum atomic E-state index is 9.68. The van der Waals surface area contributed by atoms with Crippen LogP contribution in [0.4, 0.5) is 0 Å². The summed E-state index contributed by atoms with van der Waals surface area (Å²) in [5, 5.41) is 11.2. The summed E-state index contributed by atoms with van der Waals surface area (Å²) in [6, 6.07) is 0.360. The van der Waals surface area contributed by atoms with Crippen molar-refractivity contribution < 1.29 is 5.21 Å². The third-order valence-electron chi connectivity index (χ3n) is 2.43. The maximum Gasteiger partial charge on any atom is 0.0478 e. The van der Waals surface area contributed by atoms with Gasteiger partial charge in [-0.1, -0.05) is 74.7 Å². The lowest BCUT2D eigenvalue weighted by molar-refractivity contribution is -0.126. The van der Waals surface area contributed by atoms with E-state index in [9.17, 15) is 5.21 Å². The molecule has 13 heavy (non-hydrogen) atoms. The molecular formula is C8H14I3NO. The summed E-state index contributed by atoms with van der Waals surface area (Å²) in [6.45, 7) is 2.74. The smallest absolute Gasteiger partial charge is 0.0478 e. The summed E-state index contributed by atoms with van der Waals surface area (Å²) in [5.74, 6) is 0. The number of rotatable bonds is 2. The van der Waals surface area contributed by atoms with Gasteiger partial charge < -0.3 is 5.21 Å². The molecule has 1 N–H and O–H groups in total. The molecule has 1 fully saturated rings. The Bertz CT molecular complexity index is 169. The highest BCUT2D eigenvalue weighted by atomic mass is 127. The van der Waals surface area contributed by atoms with Crippen LogP contribution in [0.15, 0.2) is 0 Å². The van der Waals surface area contributed by atoms with Gasteiger partial charge >= 0.3 is 0 Å². The molecule has 0 spiro atoms. The first kappa shape index (κ1) is 13.2. The third kappa shape index (κ3) is 3.56. The molecule has 0 aromatic carbocycles. The summed E-state index contributed by atoms with van der Waals surface area (Å²) < 4.78 is 2.06. The summed E-state index contributed by atoms with van der Waals surface area (Å²) in [7, 11) is 0. The Hall–Kier alpha value is 2.11. The van der Waals surface area contributed by atoms with Gasteiger partial charge in [-0.2, -0.15) is 5.06 Å². The topological polar surface area (TPSA) is 23.5 Å². The molecule has 0 aromatic heterocycles. The highest BCUT2D eigenvalue weighted by Gasteiger charge is 2.35. The Kier molecular flexibility index (Phi) is 6.08. The molecule has 1 aliphatic rings. The van der Waals surface area contributed by atoms with Crippen molar-refractivity contribution in [1.29, 1.82) is 0 Å². The Balaban J connectivity index is 2.55. The Labute approximate surface area is 121 Å². The standard InChI is InChI=1S/C8H14I3NO/c1-2-12(13)8-4-6(10)5(9)3-7(8)11/h5-8,13H,2-4H2,1H3/t5?,6-,7?,8?/m0/s1. The van der Waals surface area contributed by atoms with Gasteiger partial charge in [-0.25, -0.2) is 0 Å². The summed E-state index contributed by atoms with van der Waals surface area (Å²) in [4.78, 5) is 0. The van der Waals surface area contributed by atoms with Crippen LogP contribution >= 0.6 is 67.8 Å². The van der Waals surface area contributed by atoms with E-state index in [4.69, 9.17) is 0 Å². The number of hydrogen-bond donors (Lipinski definition) is 1. The average molecular weight is 521 g/mol. The van der Waals surface area contributed by atoms with Crippen LogP contribution in [0.1, 0.15) is 19.8 Å².